The number of anilines is 1. The van der Waals surface area contributed by atoms with Crippen LogP contribution in [0.15, 0.2) is 53.4 Å². The standard InChI is InChI=1S/C18H18F3NO4S/c1-17(24,18(19,20)21)13-5-7-14(8-6-13)22-16(23)11-12-3-9-15(10-4-12)27(2,25)26/h3-10,24H,11H2,1-2H3,(H,22,23). The van der Waals surface area contributed by atoms with Gasteiger partial charge >= 0.3 is 6.18 Å². The lowest BCUT2D eigenvalue weighted by Gasteiger charge is -2.26. The molecule has 0 aliphatic carbocycles. The number of rotatable bonds is 5. The van der Waals surface area contributed by atoms with E-state index in [0.717, 1.165) is 18.4 Å². The van der Waals surface area contributed by atoms with E-state index < -0.39 is 27.5 Å². The molecule has 0 saturated carbocycles. The van der Waals surface area contributed by atoms with Gasteiger partial charge in [0.15, 0.2) is 15.4 Å². The molecule has 0 radical (unpaired) electrons. The molecule has 0 fully saturated rings. The molecule has 0 heterocycles. The van der Waals surface area contributed by atoms with Crippen LogP contribution in [0.5, 0.6) is 0 Å². The Bertz CT molecular complexity index is 919. The van der Waals surface area contributed by atoms with E-state index in [-0.39, 0.29) is 22.6 Å². The minimum absolute atomic E-state index is 0.0357. The summed E-state index contributed by atoms with van der Waals surface area (Å²) in [5.74, 6) is -0.419. The van der Waals surface area contributed by atoms with Crippen molar-refractivity contribution in [3.8, 4) is 0 Å². The van der Waals surface area contributed by atoms with Gasteiger partial charge in [-0.25, -0.2) is 8.42 Å². The second-order valence-corrected chi connectivity index (χ2v) is 8.30. The smallest absolute Gasteiger partial charge is 0.376 e. The number of carbonyl (C=O) groups is 1. The maximum atomic E-state index is 12.8. The maximum Gasteiger partial charge on any atom is 0.421 e. The lowest BCUT2D eigenvalue weighted by atomic mass is 9.95. The van der Waals surface area contributed by atoms with Crippen LogP contribution in [-0.4, -0.2) is 31.9 Å². The molecule has 2 N–H and O–H groups in total. The lowest BCUT2D eigenvalue weighted by molar-refractivity contribution is -0.258. The zero-order chi connectivity index (χ0) is 20.5. The molecule has 2 aromatic carbocycles. The highest BCUT2D eigenvalue weighted by Crippen LogP contribution is 2.38. The number of hydrogen-bond acceptors (Lipinski definition) is 4. The van der Waals surface area contributed by atoms with Crippen molar-refractivity contribution < 1.29 is 31.5 Å². The van der Waals surface area contributed by atoms with E-state index in [4.69, 9.17) is 0 Å². The summed E-state index contributed by atoms with van der Waals surface area (Å²) in [6.07, 6.45) is -3.78. The molecule has 0 bridgehead atoms. The number of halogens is 3. The van der Waals surface area contributed by atoms with E-state index in [0.29, 0.717) is 12.5 Å². The van der Waals surface area contributed by atoms with Crippen molar-refractivity contribution in [2.75, 3.05) is 11.6 Å². The van der Waals surface area contributed by atoms with E-state index in [9.17, 15) is 31.5 Å². The summed E-state index contributed by atoms with van der Waals surface area (Å²) < 4.78 is 61.3. The zero-order valence-electron chi connectivity index (χ0n) is 14.5. The summed E-state index contributed by atoms with van der Waals surface area (Å²) in [7, 11) is -3.32. The molecule has 1 unspecified atom stereocenters. The third kappa shape index (κ3) is 5.08. The van der Waals surface area contributed by atoms with Crippen LogP contribution in [0.1, 0.15) is 18.1 Å². The summed E-state index contributed by atoms with van der Waals surface area (Å²) in [6.45, 7) is 0.654. The van der Waals surface area contributed by atoms with Crippen LogP contribution in [0, 0.1) is 0 Å². The van der Waals surface area contributed by atoms with Crippen LogP contribution in [-0.2, 0) is 26.7 Å². The monoisotopic (exact) mass is 401 g/mol. The maximum absolute atomic E-state index is 12.8. The summed E-state index contributed by atoms with van der Waals surface area (Å²) in [5, 5.41) is 12.1. The molecule has 0 aromatic heterocycles. The Morgan fingerprint density at radius 1 is 1.04 bits per heavy atom. The number of nitrogens with one attached hydrogen (secondary N) is 1. The first-order chi connectivity index (χ1) is 12.3. The number of carbonyl (C=O) groups excluding carboxylic acids is 1. The van der Waals surface area contributed by atoms with Crippen LogP contribution < -0.4 is 5.32 Å². The minimum atomic E-state index is -4.82. The van der Waals surface area contributed by atoms with E-state index in [1.54, 1.807) is 0 Å². The molecule has 1 amide bonds. The van der Waals surface area contributed by atoms with E-state index >= 15 is 0 Å². The van der Waals surface area contributed by atoms with E-state index in [1.165, 1.54) is 36.4 Å². The van der Waals surface area contributed by atoms with Gasteiger partial charge in [-0.05, 0) is 42.3 Å². The molecule has 1 atom stereocenters. The number of benzene rings is 2. The van der Waals surface area contributed by atoms with Gasteiger partial charge in [0, 0.05) is 11.9 Å². The fraction of sp³-hybridized carbons (Fsp3) is 0.278. The predicted octanol–water partition coefficient (Wildman–Crippen LogP) is 3.04. The number of sulfone groups is 1. The van der Waals surface area contributed by atoms with Gasteiger partial charge in [-0.2, -0.15) is 13.2 Å². The molecular weight excluding hydrogens is 383 g/mol. The van der Waals surface area contributed by atoms with Crippen molar-refractivity contribution in [3.05, 3.63) is 59.7 Å². The number of amides is 1. The van der Waals surface area contributed by atoms with Gasteiger partial charge in [-0.3, -0.25) is 4.79 Å². The fourth-order valence-electron chi connectivity index (χ4n) is 2.29. The molecule has 2 aromatic rings. The molecular formula is C18H18F3NO4S. The molecule has 0 saturated heterocycles. The molecule has 146 valence electrons. The largest absolute Gasteiger partial charge is 0.421 e. The second-order valence-electron chi connectivity index (χ2n) is 6.29. The summed E-state index contributed by atoms with van der Waals surface area (Å²) in [6, 6.07) is 10.5. The molecule has 5 nitrogen and oxygen atoms in total. The highest BCUT2D eigenvalue weighted by atomic mass is 32.2. The van der Waals surface area contributed by atoms with Gasteiger partial charge in [0.2, 0.25) is 5.91 Å². The quantitative estimate of drug-likeness (QED) is 0.807. The second kappa shape index (κ2) is 7.32. The summed E-state index contributed by atoms with van der Waals surface area (Å²) in [5.41, 5.74) is -2.48. The first kappa shape index (κ1) is 20.9. The molecule has 0 aliphatic rings. The molecule has 2 rings (SSSR count). The Morgan fingerprint density at radius 3 is 2.00 bits per heavy atom. The summed E-state index contributed by atoms with van der Waals surface area (Å²) >= 11 is 0. The summed E-state index contributed by atoms with van der Waals surface area (Å²) in [4.78, 5) is 12.2. The molecule has 0 spiro atoms. The zero-order valence-corrected chi connectivity index (χ0v) is 15.4. The van der Waals surface area contributed by atoms with Crippen molar-refractivity contribution in [1.82, 2.24) is 0 Å². The topological polar surface area (TPSA) is 83.5 Å². The first-order valence-electron chi connectivity index (χ1n) is 7.79. The highest BCUT2D eigenvalue weighted by molar-refractivity contribution is 7.90. The van der Waals surface area contributed by atoms with Crippen molar-refractivity contribution >= 4 is 21.4 Å². The van der Waals surface area contributed by atoms with Gasteiger partial charge in [0.05, 0.1) is 11.3 Å². The van der Waals surface area contributed by atoms with Crippen molar-refractivity contribution in [3.63, 3.8) is 0 Å². The van der Waals surface area contributed by atoms with Gasteiger partial charge < -0.3 is 10.4 Å². The minimum Gasteiger partial charge on any atom is -0.376 e. The third-order valence-electron chi connectivity index (χ3n) is 4.00. The fourth-order valence-corrected chi connectivity index (χ4v) is 2.92. The predicted molar refractivity (Wildman–Crippen MR) is 94.0 cm³/mol. The van der Waals surface area contributed by atoms with Crippen LogP contribution >= 0.6 is 0 Å². The number of hydrogen-bond donors (Lipinski definition) is 2. The van der Waals surface area contributed by atoms with Gasteiger partial charge in [0.25, 0.3) is 0 Å². The third-order valence-corrected chi connectivity index (χ3v) is 5.13. The highest BCUT2D eigenvalue weighted by Gasteiger charge is 2.51. The Hall–Kier alpha value is -2.39. The Kier molecular flexibility index (Phi) is 5.67. The average molecular weight is 401 g/mol. The van der Waals surface area contributed by atoms with Crippen molar-refractivity contribution in [1.29, 1.82) is 0 Å². The first-order valence-corrected chi connectivity index (χ1v) is 9.68. The molecule has 9 heteroatoms. The molecule has 27 heavy (non-hydrogen) atoms. The Labute approximate surface area is 154 Å². The number of aliphatic hydroxyl groups is 1. The SMILES string of the molecule is CC(O)(c1ccc(NC(=O)Cc2ccc(S(C)(=O)=O)cc2)cc1)C(F)(F)F. The Morgan fingerprint density at radius 2 is 1.56 bits per heavy atom. The molecule has 0 aliphatic heterocycles. The van der Waals surface area contributed by atoms with Gasteiger partial charge in [-0.15, -0.1) is 0 Å². The van der Waals surface area contributed by atoms with Crippen LogP contribution in [0.25, 0.3) is 0 Å². The van der Waals surface area contributed by atoms with E-state index in [2.05, 4.69) is 5.32 Å². The van der Waals surface area contributed by atoms with E-state index in [1.807, 2.05) is 0 Å². The normalized spacial score (nSPS) is 14.4. The average Bonchev–Trinajstić information content (AvgIpc) is 2.54. The van der Waals surface area contributed by atoms with Gasteiger partial charge in [-0.1, -0.05) is 24.3 Å². The number of alkyl halides is 3. The van der Waals surface area contributed by atoms with Crippen molar-refractivity contribution in [2.45, 2.75) is 30.0 Å². The van der Waals surface area contributed by atoms with Crippen LogP contribution in [0.4, 0.5) is 18.9 Å². The van der Waals surface area contributed by atoms with Crippen LogP contribution in [0.3, 0.4) is 0 Å². The lowest BCUT2D eigenvalue weighted by Crippen LogP contribution is -2.39. The van der Waals surface area contributed by atoms with Crippen LogP contribution in [0.2, 0.25) is 0 Å². The van der Waals surface area contributed by atoms with Gasteiger partial charge in [0.1, 0.15) is 0 Å². The Balaban J connectivity index is 2.04. The van der Waals surface area contributed by atoms with Crippen molar-refractivity contribution in [2.24, 2.45) is 0 Å².